The van der Waals surface area contributed by atoms with Gasteiger partial charge in [-0.05, 0) is 18.1 Å². The third-order valence-corrected chi connectivity index (χ3v) is 4.86. The molecular formula is C14H18Br2O3. The van der Waals surface area contributed by atoms with Gasteiger partial charge in [0, 0.05) is 16.4 Å². The molecular weight excluding hydrogens is 376 g/mol. The second-order valence-electron chi connectivity index (χ2n) is 4.52. The zero-order valence-electron chi connectivity index (χ0n) is 10.9. The molecule has 1 aliphatic carbocycles. The molecule has 3 atom stereocenters. The Kier molecular flexibility index (Phi) is 6.29. The maximum atomic E-state index is 5.93. The van der Waals surface area contributed by atoms with Crippen LogP contribution in [-0.4, -0.2) is 37.4 Å². The lowest BCUT2D eigenvalue weighted by atomic mass is 9.91. The molecule has 1 aliphatic rings. The number of rotatable bonds is 7. The molecule has 0 aliphatic heterocycles. The molecule has 0 saturated heterocycles. The molecule has 1 aromatic carbocycles. The number of hydrogen-bond donors (Lipinski definition) is 0. The number of hydrogen-bond acceptors (Lipinski definition) is 3. The summed E-state index contributed by atoms with van der Waals surface area (Å²) in [4.78, 5) is 0.383. The number of halogens is 2. The van der Waals surface area contributed by atoms with E-state index in [9.17, 15) is 0 Å². The van der Waals surface area contributed by atoms with Gasteiger partial charge in [0.25, 0.3) is 0 Å². The first-order chi connectivity index (χ1) is 9.22. The summed E-state index contributed by atoms with van der Waals surface area (Å²) in [5.74, 6) is 0. The number of alkyl halides is 1. The van der Waals surface area contributed by atoms with Crippen molar-refractivity contribution in [2.75, 3.05) is 20.3 Å². The van der Waals surface area contributed by atoms with E-state index in [2.05, 4.69) is 37.9 Å². The third kappa shape index (κ3) is 4.26. The van der Waals surface area contributed by atoms with E-state index in [0.29, 0.717) is 24.6 Å². The van der Waals surface area contributed by atoms with Crippen LogP contribution in [0.25, 0.3) is 0 Å². The highest BCUT2D eigenvalue weighted by Gasteiger charge is 2.41. The molecule has 0 radical (unpaired) electrons. The standard InChI is InChI=1S/C14H18Br2O3/c1-17-6-7-18-14-12(16)8-13(14)19-9-10-4-2-3-5-11(10)15/h2-5,12-14H,6-9H2,1H3. The Morgan fingerprint density at radius 3 is 2.68 bits per heavy atom. The Bertz CT molecular complexity index is 400. The van der Waals surface area contributed by atoms with Crippen molar-refractivity contribution in [1.82, 2.24) is 0 Å². The van der Waals surface area contributed by atoms with Crippen LogP contribution in [0.5, 0.6) is 0 Å². The molecule has 3 unspecified atom stereocenters. The Hall–Kier alpha value is 0.0600. The van der Waals surface area contributed by atoms with E-state index in [1.165, 1.54) is 0 Å². The zero-order chi connectivity index (χ0) is 13.7. The summed E-state index contributed by atoms with van der Waals surface area (Å²) in [7, 11) is 1.68. The summed E-state index contributed by atoms with van der Waals surface area (Å²) in [6.07, 6.45) is 1.27. The fraction of sp³-hybridized carbons (Fsp3) is 0.571. The SMILES string of the molecule is COCCOC1C(Br)CC1OCc1ccccc1Br. The van der Waals surface area contributed by atoms with Gasteiger partial charge in [-0.15, -0.1) is 0 Å². The van der Waals surface area contributed by atoms with Crippen molar-refractivity contribution in [3.05, 3.63) is 34.3 Å². The lowest BCUT2D eigenvalue weighted by Gasteiger charge is -2.40. The molecule has 0 bridgehead atoms. The van der Waals surface area contributed by atoms with E-state index in [1.54, 1.807) is 7.11 Å². The Labute approximate surface area is 130 Å². The van der Waals surface area contributed by atoms with Crippen LogP contribution < -0.4 is 0 Å². The van der Waals surface area contributed by atoms with Crippen molar-refractivity contribution < 1.29 is 14.2 Å². The molecule has 0 spiro atoms. The summed E-state index contributed by atoms with van der Waals surface area (Å²) < 4.78 is 17.8. The van der Waals surface area contributed by atoms with Gasteiger partial charge >= 0.3 is 0 Å². The van der Waals surface area contributed by atoms with Crippen LogP contribution in [0.4, 0.5) is 0 Å². The summed E-state index contributed by atoms with van der Waals surface area (Å²) in [5.41, 5.74) is 1.16. The molecule has 1 saturated carbocycles. The average Bonchev–Trinajstić information content (AvgIpc) is 2.41. The van der Waals surface area contributed by atoms with Crippen LogP contribution in [0, 0.1) is 0 Å². The fourth-order valence-corrected chi connectivity index (χ4v) is 3.24. The van der Waals surface area contributed by atoms with Gasteiger partial charge in [-0.3, -0.25) is 0 Å². The van der Waals surface area contributed by atoms with Crippen molar-refractivity contribution in [3.63, 3.8) is 0 Å². The van der Waals surface area contributed by atoms with Crippen LogP contribution in [0.3, 0.4) is 0 Å². The van der Waals surface area contributed by atoms with E-state index in [1.807, 2.05) is 18.2 Å². The Morgan fingerprint density at radius 1 is 1.21 bits per heavy atom. The quantitative estimate of drug-likeness (QED) is 0.523. The Balaban J connectivity index is 1.78. The van der Waals surface area contributed by atoms with Gasteiger partial charge in [-0.2, -0.15) is 0 Å². The second-order valence-corrected chi connectivity index (χ2v) is 6.55. The topological polar surface area (TPSA) is 27.7 Å². The minimum absolute atomic E-state index is 0.123. The van der Waals surface area contributed by atoms with Crippen LogP contribution in [0.2, 0.25) is 0 Å². The smallest absolute Gasteiger partial charge is 0.0963 e. The monoisotopic (exact) mass is 392 g/mol. The molecule has 2 rings (SSSR count). The first-order valence-electron chi connectivity index (χ1n) is 6.32. The lowest BCUT2D eigenvalue weighted by Crippen LogP contribution is -2.51. The average molecular weight is 394 g/mol. The highest BCUT2D eigenvalue weighted by molar-refractivity contribution is 9.10. The number of ether oxygens (including phenoxy) is 3. The van der Waals surface area contributed by atoms with Gasteiger partial charge < -0.3 is 14.2 Å². The van der Waals surface area contributed by atoms with E-state index in [0.717, 1.165) is 16.5 Å². The van der Waals surface area contributed by atoms with Gasteiger partial charge in [0.2, 0.25) is 0 Å². The van der Waals surface area contributed by atoms with Crippen molar-refractivity contribution in [2.24, 2.45) is 0 Å². The van der Waals surface area contributed by atoms with E-state index < -0.39 is 0 Å². The molecule has 0 amide bonds. The molecule has 106 valence electrons. The number of benzene rings is 1. The Morgan fingerprint density at radius 2 is 2.00 bits per heavy atom. The van der Waals surface area contributed by atoms with Gasteiger partial charge in [-0.25, -0.2) is 0 Å². The maximum Gasteiger partial charge on any atom is 0.0963 e. The van der Waals surface area contributed by atoms with Crippen LogP contribution in [0.15, 0.2) is 28.7 Å². The van der Waals surface area contributed by atoms with Gasteiger partial charge in [0.05, 0.1) is 32.0 Å². The van der Waals surface area contributed by atoms with Crippen LogP contribution in [0.1, 0.15) is 12.0 Å². The van der Waals surface area contributed by atoms with Gasteiger partial charge in [0.15, 0.2) is 0 Å². The molecule has 1 aromatic rings. The minimum Gasteiger partial charge on any atom is -0.382 e. The third-order valence-electron chi connectivity index (χ3n) is 3.19. The second kappa shape index (κ2) is 7.74. The van der Waals surface area contributed by atoms with Gasteiger partial charge in [0.1, 0.15) is 0 Å². The van der Waals surface area contributed by atoms with E-state index in [4.69, 9.17) is 14.2 Å². The van der Waals surface area contributed by atoms with Crippen LogP contribution >= 0.6 is 31.9 Å². The van der Waals surface area contributed by atoms with E-state index in [-0.39, 0.29) is 12.2 Å². The zero-order valence-corrected chi connectivity index (χ0v) is 14.0. The molecule has 19 heavy (non-hydrogen) atoms. The predicted octanol–water partition coefficient (Wildman–Crippen LogP) is 3.53. The molecule has 1 fully saturated rings. The molecule has 0 heterocycles. The summed E-state index contributed by atoms with van der Waals surface area (Å²) in [5, 5.41) is 0. The van der Waals surface area contributed by atoms with Crippen molar-refractivity contribution in [3.8, 4) is 0 Å². The molecule has 5 heteroatoms. The molecule has 0 aromatic heterocycles. The molecule has 0 N–H and O–H groups in total. The number of methoxy groups -OCH3 is 1. The van der Waals surface area contributed by atoms with Crippen molar-refractivity contribution in [2.45, 2.75) is 30.1 Å². The highest BCUT2D eigenvalue weighted by atomic mass is 79.9. The molecule has 3 nitrogen and oxygen atoms in total. The largest absolute Gasteiger partial charge is 0.382 e. The first-order valence-corrected chi connectivity index (χ1v) is 8.03. The normalized spacial score (nSPS) is 26.2. The maximum absolute atomic E-state index is 5.93. The fourth-order valence-electron chi connectivity index (χ4n) is 1.98. The minimum atomic E-state index is 0.123. The van der Waals surface area contributed by atoms with Gasteiger partial charge in [-0.1, -0.05) is 50.1 Å². The summed E-state index contributed by atoms with van der Waals surface area (Å²) >= 11 is 7.13. The first kappa shape index (κ1) is 15.4. The van der Waals surface area contributed by atoms with Crippen molar-refractivity contribution in [1.29, 1.82) is 0 Å². The lowest BCUT2D eigenvalue weighted by molar-refractivity contribution is -0.132. The summed E-state index contributed by atoms with van der Waals surface area (Å²) in [6, 6.07) is 8.11. The summed E-state index contributed by atoms with van der Waals surface area (Å²) in [6.45, 7) is 1.83. The van der Waals surface area contributed by atoms with E-state index >= 15 is 0 Å². The highest BCUT2D eigenvalue weighted by Crippen LogP contribution is 2.34. The predicted molar refractivity (Wildman–Crippen MR) is 81.7 cm³/mol. The van der Waals surface area contributed by atoms with Crippen molar-refractivity contribution >= 4 is 31.9 Å². The van der Waals surface area contributed by atoms with Crippen LogP contribution in [-0.2, 0) is 20.8 Å².